The van der Waals surface area contributed by atoms with Crippen LogP contribution < -0.4 is 15.2 Å². The third-order valence-corrected chi connectivity index (χ3v) is 5.06. The van der Waals surface area contributed by atoms with Crippen LogP contribution in [0.1, 0.15) is 18.9 Å². The van der Waals surface area contributed by atoms with Crippen molar-refractivity contribution in [1.29, 1.82) is 0 Å². The van der Waals surface area contributed by atoms with Gasteiger partial charge in [-0.15, -0.1) is 5.10 Å². The topological polar surface area (TPSA) is 141 Å². The van der Waals surface area contributed by atoms with E-state index >= 15 is 0 Å². The summed E-state index contributed by atoms with van der Waals surface area (Å²) in [5.41, 5.74) is 0.794. The summed E-state index contributed by atoms with van der Waals surface area (Å²) in [5, 5.41) is 25.3. The van der Waals surface area contributed by atoms with Gasteiger partial charge in [-0.1, -0.05) is 12.1 Å². The third-order valence-electron chi connectivity index (χ3n) is 5.06. The molecular formula is C18H20N5O6-. The molecule has 4 rings (SSSR count). The second-order valence-electron chi connectivity index (χ2n) is 6.89. The largest absolute Gasteiger partial charge is 0.550 e. The van der Waals surface area contributed by atoms with Gasteiger partial charge in [-0.05, 0) is 29.0 Å². The Morgan fingerprint density at radius 1 is 1.28 bits per heavy atom. The number of carboxylic acids is 1. The highest BCUT2D eigenvalue weighted by Gasteiger charge is 2.50. The highest BCUT2D eigenvalue weighted by Crippen LogP contribution is 2.36. The maximum atomic E-state index is 11.9. The van der Waals surface area contributed by atoms with Gasteiger partial charge in [0.2, 0.25) is 5.91 Å². The number of nitrogens with zero attached hydrogens (tertiary/aromatic N) is 4. The number of nitrogens with one attached hydrogen (secondary N) is 1. The molecule has 4 atom stereocenters. The standard InChI is InChI=1S/C18H21N5O6/c1-27-11-4-2-3-10(7-11)18-20-21-22-23(18)13-9-29-16-12(8-28-17(13)16)19-14(24)5-6-15(25)26/h2-4,7,12-13,16-17H,5-6,8-9H2,1H3,(H,19,24)(H,25,26)/p-1/t12-,13-,16+,17+/m0/s1. The summed E-state index contributed by atoms with van der Waals surface area (Å²) in [6.07, 6.45) is -1.18. The zero-order valence-electron chi connectivity index (χ0n) is 15.7. The van der Waals surface area contributed by atoms with Crippen LogP contribution >= 0.6 is 0 Å². The highest BCUT2D eigenvalue weighted by molar-refractivity contribution is 5.80. The molecule has 11 heteroatoms. The number of methoxy groups -OCH3 is 1. The Bertz CT molecular complexity index is 902. The number of hydrogen-bond donors (Lipinski definition) is 1. The molecule has 0 unspecified atom stereocenters. The summed E-state index contributed by atoms with van der Waals surface area (Å²) in [5.74, 6) is -0.395. The van der Waals surface area contributed by atoms with E-state index in [-0.39, 0.29) is 49.6 Å². The number of tetrazole rings is 1. The van der Waals surface area contributed by atoms with Crippen LogP contribution in [-0.4, -0.2) is 70.7 Å². The number of ether oxygens (including phenoxy) is 3. The molecule has 2 aromatic rings. The van der Waals surface area contributed by atoms with Gasteiger partial charge in [0.15, 0.2) is 5.82 Å². The average Bonchev–Trinajstić information content (AvgIpc) is 3.43. The van der Waals surface area contributed by atoms with E-state index in [0.29, 0.717) is 18.2 Å². The van der Waals surface area contributed by atoms with E-state index in [9.17, 15) is 14.7 Å². The summed E-state index contributed by atoms with van der Waals surface area (Å²) < 4.78 is 18.7. The predicted molar refractivity (Wildman–Crippen MR) is 94.5 cm³/mol. The Hall–Kier alpha value is -3.05. The summed E-state index contributed by atoms with van der Waals surface area (Å²) >= 11 is 0. The predicted octanol–water partition coefficient (Wildman–Crippen LogP) is -1.30. The van der Waals surface area contributed by atoms with E-state index in [0.717, 1.165) is 5.56 Å². The first-order valence-electron chi connectivity index (χ1n) is 9.21. The van der Waals surface area contributed by atoms with Crippen molar-refractivity contribution in [2.75, 3.05) is 20.3 Å². The monoisotopic (exact) mass is 402 g/mol. The van der Waals surface area contributed by atoms with Gasteiger partial charge in [0.25, 0.3) is 0 Å². The van der Waals surface area contributed by atoms with Crippen molar-refractivity contribution in [3.63, 3.8) is 0 Å². The highest BCUT2D eigenvalue weighted by atomic mass is 16.6. The minimum Gasteiger partial charge on any atom is -0.550 e. The molecule has 1 N–H and O–H groups in total. The summed E-state index contributed by atoms with van der Waals surface area (Å²) in [6.45, 7) is 0.586. The molecule has 0 bridgehead atoms. The lowest BCUT2D eigenvalue weighted by Gasteiger charge is -2.18. The van der Waals surface area contributed by atoms with Gasteiger partial charge in [0.1, 0.15) is 24.0 Å². The minimum atomic E-state index is -1.26. The number of carboxylic acid groups (broad SMARTS) is 1. The number of carbonyl (C=O) groups excluding carboxylic acids is 2. The molecule has 11 nitrogen and oxygen atoms in total. The van der Waals surface area contributed by atoms with Crippen molar-refractivity contribution in [3.8, 4) is 17.1 Å². The molecule has 2 aliphatic heterocycles. The number of aliphatic carboxylic acids is 1. The van der Waals surface area contributed by atoms with Crippen molar-refractivity contribution < 1.29 is 28.9 Å². The fourth-order valence-electron chi connectivity index (χ4n) is 3.68. The number of hydrogen-bond acceptors (Lipinski definition) is 9. The van der Waals surface area contributed by atoms with Crippen LogP contribution in [0.15, 0.2) is 24.3 Å². The lowest BCUT2D eigenvalue weighted by atomic mass is 10.1. The van der Waals surface area contributed by atoms with E-state index in [1.54, 1.807) is 11.8 Å². The second kappa shape index (κ2) is 8.13. The Labute approximate surface area is 165 Å². The first-order chi connectivity index (χ1) is 14.1. The Morgan fingerprint density at radius 3 is 2.90 bits per heavy atom. The summed E-state index contributed by atoms with van der Waals surface area (Å²) in [6, 6.07) is 6.78. The van der Waals surface area contributed by atoms with Crippen molar-refractivity contribution in [2.24, 2.45) is 0 Å². The molecule has 0 radical (unpaired) electrons. The van der Waals surface area contributed by atoms with Gasteiger partial charge in [-0.25, -0.2) is 4.68 Å². The molecule has 0 aliphatic carbocycles. The molecule has 29 heavy (non-hydrogen) atoms. The number of rotatable bonds is 7. The second-order valence-corrected chi connectivity index (χ2v) is 6.89. The van der Waals surface area contributed by atoms with Gasteiger partial charge < -0.3 is 29.4 Å². The molecule has 1 amide bonds. The number of carbonyl (C=O) groups is 2. The molecule has 0 saturated carbocycles. The van der Waals surface area contributed by atoms with E-state index in [2.05, 4.69) is 20.8 Å². The first-order valence-corrected chi connectivity index (χ1v) is 9.21. The fourth-order valence-corrected chi connectivity index (χ4v) is 3.68. The molecular weight excluding hydrogens is 382 g/mol. The van der Waals surface area contributed by atoms with Crippen LogP contribution in [0.3, 0.4) is 0 Å². The first kappa shape index (κ1) is 19.3. The number of fused-ring (bicyclic) bond motifs is 1. The average molecular weight is 402 g/mol. The van der Waals surface area contributed by atoms with Crippen LogP contribution in [0.5, 0.6) is 5.75 Å². The SMILES string of the molecule is COc1cccc(-c2nnnn2[C@H]2CO[C@H]3[C@@H]2OC[C@@H]3NC(=O)CCC(=O)[O-])c1. The normalized spacial score (nSPS) is 25.6. The Kier molecular flexibility index (Phi) is 5.41. The van der Waals surface area contributed by atoms with Crippen LogP contribution in [-0.2, 0) is 19.1 Å². The van der Waals surface area contributed by atoms with Gasteiger partial charge >= 0.3 is 0 Å². The van der Waals surface area contributed by atoms with Gasteiger partial charge in [-0.2, -0.15) is 0 Å². The maximum absolute atomic E-state index is 11.9. The molecule has 1 aromatic heterocycles. The van der Waals surface area contributed by atoms with Crippen molar-refractivity contribution in [1.82, 2.24) is 25.5 Å². The van der Waals surface area contributed by atoms with Crippen molar-refractivity contribution in [2.45, 2.75) is 37.1 Å². The van der Waals surface area contributed by atoms with E-state index < -0.39 is 5.97 Å². The summed E-state index contributed by atoms with van der Waals surface area (Å²) in [7, 11) is 1.59. The zero-order valence-corrected chi connectivity index (χ0v) is 15.7. The number of benzene rings is 1. The lowest BCUT2D eigenvalue weighted by Crippen LogP contribution is -2.44. The molecule has 0 spiro atoms. The molecule has 2 aliphatic rings. The third kappa shape index (κ3) is 3.91. The van der Waals surface area contributed by atoms with E-state index in [4.69, 9.17) is 14.2 Å². The molecule has 3 heterocycles. The molecule has 1 aromatic carbocycles. The minimum absolute atomic E-state index is 0.146. The Morgan fingerprint density at radius 2 is 2.10 bits per heavy atom. The van der Waals surface area contributed by atoms with Gasteiger partial charge in [0.05, 0.1) is 26.4 Å². The van der Waals surface area contributed by atoms with Crippen molar-refractivity contribution >= 4 is 11.9 Å². The molecule has 2 saturated heterocycles. The molecule has 2 fully saturated rings. The van der Waals surface area contributed by atoms with Crippen molar-refractivity contribution in [3.05, 3.63) is 24.3 Å². The van der Waals surface area contributed by atoms with Gasteiger partial charge in [-0.3, -0.25) is 4.79 Å². The van der Waals surface area contributed by atoms with Crippen LogP contribution in [0.25, 0.3) is 11.4 Å². The number of aromatic nitrogens is 4. The van der Waals surface area contributed by atoms with Crippen LogP contribution in [0.2, 0.25) is 0 Å². The van der Waals surface area contributed by atoms with E-state index in [1.165, 1.54) is 0 Å². The smallest absolute Gasteiger partial charge is 0.220 e. The summed E-state index contributed by atoms with van der Waals surface area (Å²) in [4.78, 5) is 22.5. The number of amides is 1. The molecule has 154 valence electrons. The van der Waals surface area contributed by atoms with Crippen LogP contribution in [0.4, 0.5) is 0 Å². The zero-order chi connectivity index (χ0) is 20.4. The van der Waals surface area contributed by atoms with E-state index in [1.807, 2.05) is 24.3 Å². The van der Waals surface area contributed by atoms with Gasteiger partial charge in [0, 0.05) is 18.0 Å². The maximum Gasteiger partial charge on any atom is 0.220 e. The Balaban J connectivity index is 1.47. The fraction of sp³-hybridized carbons (Fsp3) is 0.500. The van der Waals surface area contributed by atoms with Crippen LogP contribution in [0, 0.1) is 0 Å². The lowest BCUT2D eigenvalue weighted by molar-refractivity contribution is -0.305. The quantitative estimate of drug-likeness (QED) is 0.598.